The van der Waals surface area contributed by atoms with Gasteiger partial charge in [-0.25, -0.2) is 9.59 Å². The van der Waals surface area contributed by atoms with Crippen LogP contribution in [0.15, 0.2) is 91.1 Å². The highest BCUT2D eigenvalue weighted by Gasteiger charge is 2.42. The number of aromatic nitrogens is 1. The molecule has 0 unspecified atom stereocenters. The minimum Gasteiger partial charge on any atom is -0.467 e. The van der Waals surface area contributed by atoms with E-state index in [1.807, 2.05) is 44.2 Å². The molecule has 16 heteroatoms. The maximum atomic E-state index is 14.8. The molecule has 0 radical (unpaired) electrons. The fourth-order valence-electron chi connectivity index (χ4n) is 7.46. The van der Waals surface area contributed by atoms with E-state index in [4.69, 9.17) is 15.2 Å². The standard InChI is InChI=1S/C46H57N7O9/c1-29(2)24-38(45(59)61-3)51-42(56)36(26-32-27-48-34-19-11-10-18-33(32)34)49-43(57)39(20-12-13-23-47)53-40(54)22-21-35(52-46(60)62-28-31-16-8-5-9-17-31)41(55)50-37(44(53)58)25-30-14-6-4-7-15-30/h4-11,14-19,27,29,35-39,48H,12-13,20-26,28,47H2,1-3H3,(H,49,57)(H,50,55)(H,51,56)(H,52,60)/t35-,36-,37-,38-,39-/m0/s1. The Bertz CT molecular complexity index is 2160. The number of carbonyl (C=O) groups excluding carboxylic acids is 7. The molecule has 62 heavy (non-hydrogen) atoms. The van der Waals surface area contributed by atoms with Gasteiger partial charge in [-0.15, -0.1) is 0 Å². The number of esters is 1. The minimum absolute atomic E-state index is 0.000245. The van der Waals surface area contributed by atoms with E-state index >= 15 is 0 Å². The van der Waals surface area contributed by atoms with Gasteiger partial charge in [0.2, 0.25) is 23.6 Å². The number of hydrogen-bond donors (Lipinski definition) is 6. The molecule has 0 spiro atoms. The Labute approximate surface area is 361 Å². The molecule has 0 bridgehead atoms. The molecule has 5 atom stereocenters. The van der Waals surface area contributed by atoms with Gasteiger partial charge in [-0.3, -0.25) is 28.9 Å². The van der Waals surface area contributed by atoms with E-state index in [9.17, 15) is 33.6 Å². The van der Waals surface area contributed by atoms with Gasteiger partial charge in [0.25, 0.3) is 5.91 Å². The highest BCUT2D eigenvalue weighted by Crippen LogP contribution is 2.22. The second-order valence-electron chi connectivity index (χ2n) is 15.8. The Morgan fingerprint density at radius 1 is 0.855 bits per heavy atom. The van der Waals surface area contributed by atoms with Crippen molar-refractivity contribution >= 4 is 52.5 Å². The van der Waals surface area contributed by atoms with Gasteiger partial charge >= 0.3 is 12.1 Å². The molecule has 2 heterocycles. The summed E-state index contributed by atoms with van der Waals surface area (Å²) in [7, 11) is 1.22. The lowest BCUT2D eigenvalue weighted by Crippen LogP contribution is -2.61. The number of nitrogens with two attached hydrogens (primary N) is 1. The Hall–Kier alpha value is -6.55. The number of alkyl carbamates (subject to hydrolysis) is 1. The number of amides is 6. The van der Waals surface area contributed by atoms with Crippen LogP contribution in [0.1, 0.15) is 69.1 Å². The van der Waals surface area contributed by atoms with Gasteiger partial charge in [-0.05, 0) is 67.3 Å². The van der Waals surface area contributed by atoms with Gasteiger partial charge in [0, 0.05) is 36.4 Å². The lowest BCUT2D eigenvalue weighted by molar-refractivity contribution is -0.154. The van der Waals surface area contributed by atoms with Crippen molar-refractivity contribution < 1.29 is 43.0 Å². The Morgan fingerprint density at radius 3 is 2.19 bits per heavy atom. The summed E-state index contributed by atoms with van der Waals surface area (Å²) in [4.78, 5) is 102. The van der Waals surface area contributed by atoms with Gasteiger partial charge < -0.3 is 41.5 Å². The van der Waals surface area contributed by atoms with Gasteiger partial charge in [-0.1, -0.05) is 92.7 Å². The summed E-state index contributed by atoms with van der Waals surface area (Å²) in [5, 5.41) is 11.7. The molecule has 1 saturated heterocycles. The number of benzene rings is 3. The van der Waals surface area contributed by atoms with Crippen molar-refractivity contribution in [3.05, 3.63) is 108 Å². The van der Waals surface area contributed by atoms with Crippen molar-refractivity contribution in [2.75, 3.05) is 13.7 Å². The number of imide groups is 1. The lowest BCUT2D eigenvalue weighted by Gasteiger charge is -2.33. The first-order valence-corrected chi connectivity index (χ1v) is 21.0. The van der Waals surface area contributed by atoms with Crippen molar-refractivity contribution in [1.29, 1.82) is 0 Å². The van der Waals surface area contributed by atoms with E-state index in [2.05, 4.69) is 26.3 Å². The van der Waals surface area contributed by atoms with E-state index in [1.165, 1.54) is 7.11 Å². The monoisotopic (exact) mass is 851 g/mol. The summed E-state index contributed by atoms with van der Waals surface area (Å²) in [6.07, 6.45) is 1.17. The van der Waals surface area contributed by atoms with Crippen LogP contribution in [0.2, 0.25) is 0 Å². The zero-order chi connectivity index (χ0) is 44.6. The first-order chi connectivity index (χ1) is 29.9. The molecule has 1 aliphatic heterocycles. The molecule has 6 amide bonds. The molecule has 3 aromatic carbocycles. The van der Waals surface area contributed by atoms with Crippen LogP contribution in [0.25, 0.3) is 10.9 Å². The molecule has 5 rings (SSSR count). The number of aromatic amines is 1. The smallest absolute Gasteiger partial charge is 0.408 e. The molecule has 0 aliphatic carbocycles. The molecule has 330 valence electrons. The molecule has 1 aromatic heterocycles. The van der Waals surface area contributed by atoms with Gasteiger partial charge in [-0.2, -0.15) is 0 Å². The number of ether oxygens (including phenoxy) is 2. The highest BCUT2D eigenvalue weighted by molar-refractivity contribution is 6.05. The number of rotatable bonds is 19. The summed E-state index contributed by atoms with van der Waals surface area (Å²) >= 11 is 0. The van der Waals surface area contributed by atoms with Crippen molar-refractivity contribution in [3.8, 4) is 0 Å². The molecule has 1 fully saturated rings. The Balaban J connectivity index is 1.47. The zero-order valence-electron chi connectivity index (χ0n) is 35.4. The van der Waals surface area contributed by atoms with Crippen LogP contribution in [0.4, 0.5) is 4.79 Å². The van der Waals surface area contributed by atoms with E-state index in [0.717, 1.165) is 21.4 Å². The third-order valence-corrected chi connectivity index (χ3v) is 10.7. The number of para-hydroxylation sites is 1. The lowest BCUT2D eigenvalue weighted by atomic mass is 9.99. The van der Waals surface area contributed by atoms with E-state index < -0.39 is 78.2 Å². The van der Waals surface area contributed by atoms with Crippen LogP contribution in [-0.4, -0.2) is 95.3 Å². The number of carbonyl (C=O) groups is 7. The second kappa shape index (κ2) is 22.9. The predicted molar refractivity (Wildman–Crippen MR) is 231 cm³/mol. The van der Waals surface area contributed by atoms with Gasteiger partial charge in [0.1, 0.15) is 36.8 Å². The average molecular weight is 852 g/mol. The van der Waals surface area contributed by atoms with Crippen LogP contribution in [0.5, 0.6) is 0 Å². The highest BCUT2D eigenvalue weighted by atomic mass is 16.5. The average Bonchev–Trinajstić information content (AvgIpc) is 3.69. The number of hydrogen-bond acceptors (Lipinski definition) is 10. The molecular weight excluding hydrogens is 795 g/mol. The second-order valence-corrected chi connectivity index (χ2v) is 15.8. The number of H-pyrrole nitrogens is 1. The van der Waals surface area contributed by atoms with Crippen LogP contribution >= 0.6 is 0 Å². The Kier molecular flexibility index (Phi) is 17.2. The summed E-state index contributed by atoms with van der Waals surface area (Å²) in [5.74, 6) is -4.45. The largest absolute Gasteiger partial charge is 0.467 e. The number of nitrogens with one attached hydrogen (secondary N) is 5. The van der Waals surface area contributed by atoms with Crippen LogP contribution in [0, 0.1) is 5.92 Å². The quantitative estimate of drug-likeness (QED) is 0.0456. The normalized spacial score (nSPS) is 17.2. The molecule has 7 N–H and O–H groups in total. The Morgan fingerprint density at radius 2 is 1.52 bits per heavy atom. The van der Waals surface area contributed by atoms with Crippen molar-refractivity contribution in [1.82, 2.24) is 31.2 Å². The third-order valence-electron chi connectivity index (χ3n) is 10.7. The summed E-state index contributed by atoms with van der Waals surface area (Å²) in [6, 6.07) is 18.9. The molecule has 4 aromatic rings. The van der Waals surface area contributed by atoms with E-state index in [-0.39, 0.29) is 51.2 Å². The molecule has 16 nitrogen and oxygen atoms in total. The maximum absolute atomic E-state index is 14.8. The fourth-order valence-corrected chi connectivity index (χ4v) is 7.46. The summed E-state index contributed by atoms with van der Waals surface area (Å²) < 4.78 is 10.4. The van der Waals surface area contributed by atoms with Crippen molar-refractivity contribution in [2.45, 2.75) is 102 Å². The first-order valence-electron chi connectivity index (χ1n) is 21.0. The fraction of sp³-hybridized carbons (Fsp3) is 0.413. The zero-order valence-corrected chi connectivity index (χ0v) is 35.4. The first kappa shape index (κ1) is 46.5. The molecule has 0 saturated carbocycles. The topological polar surface area (TPSA) is 231 Å². The van der Waals surface area contributed by atoms with Crippen LogP contribution in [0.3, 0.4) is 0 Å². The number of fused-ring (bicyclic) bond motifs is 1. The number of methoxy groups -OCH3 is 1. The summed E-state index contributed by atoms with van der Waals surface area (Å²) in [5.41, 5.74) is 8.72. The van der Waals surface area contributed by atoms with Crippen molar-refractivity contribution in [3.63, 3.8) is 0 Å². The molecular formula is C46H57N7O9. The van der Waals surface area contributed by atoms with Crippen molar-refractivity contribution in [2.24, 2.45) is 11.7 Å². The van der Waals surface area contributed by atoms with E-state index in [1.54, 1.807) is 60.8 Å². The van der Waals surface area contributed by atoms with Gasteiger partial charge in [0.15, 0.2) is 0 Å². The van der Waals surface area contributed by atoms with Crippen LogP contribution < -0.4 is 27.0 Å². The predicted octanol–water partition coefficient (Wildman–Crippen LogP) is 3.57. The SMILES string of the molecule is COC(=O)[C@H](CC(C)C)NC(=O)[C@H](Cc1c[nH]c2ccccc12)NC(=O)[C@H](CCCCN)N1C(=O)CC[C@H](NC(=O)OCc2ccccc2)C(=O)N[C@@H](Cc2ccccc2)C1=O. The number of nitrogens with zero attached hydrogens (tertiary/aromatic N) is 1. The van der Waals surface area contributed by atoms with Crippen LogP contribution in [-0.2, 0) is 57.7 Å². The number of unbranched alkanes of at least 4 members (excludes halogenated alkanes) is 1. The summed E-state index contributed by atoms with van der Waals surface area (Å²) in [6.45, 7) is 3.99. The van der Waals surface area contributed by atoms with E-state index in [0.29, 0.717) is 24.0 Å². The third kappa shape index (κ3) is 13.0. The molecule has 1 aliphatic rings. The maximum Gasteiger partial charge on any atom is 0.408 e. The van der Waals surface area contributed by atoms with Gasteiger partial charge in [0.05, 0.1) is 7.11 Å². The minimum atomic E-state index is -1.44.